The van der Waals surface area contributed by atoms with Crippen LogP contribution < -0.4 is 9.47 Å². The zero-order valence-corrected chi connectivity index (χ0v) is 15.5. The van der Waals surface area contributed by atoms with E-state index < -0.39 is 0 Å². The molecule has 1 aliphatic rings. The number of phenols is 1. The third-order valence-corrected chi connectivity index (χ3v) is 4.99. The lowest BCUT2D eigenvalue weighted by Crippen LogP contribution is -2.31. The van der Waals surface area contributed by atoms with E-state index in [9.17, 15) is 5.11 Å². The van der Waals surface area contributed by atoms with E-state index in [0.29, 0.717) is 5.75 Å². The third-order valence-electron chi connectivity index (χ3n) is 4.78. The van der Waals surface area contributed by atoms with Crippen LogP contribution in [0.1, 0.15) is 29.7 Å². The van der Waals surface area contributed by atoms with Gasteiger partial charge in [-0.2, -0.15) is 0 Å². The maximum Gasteiger partial charge on any atom is 0.242 e. The molecular formula is C20H23ClNO3+. The number of benzene rings is 2. The van der Waals surface area contributed by atoms with Crippen LogP contribution in [0.25, 0.3) is 0 Å². The van der Waals surface area contributed by atoms with Crippen LogP contribution in [0.5, 0.6) is 17.2 Å². The van der Waals surface area contributed by atoms with Crippen LogP contribution in [0.15, 0.2) is 36.4 Å². The SMILES string of the molecule is COc1ccc2c(c1)CC[N+](=C(C)Cl)C2Cc1ccc(OC)c(O)c1. The third kappa shape index (κ3) is 3.59. The zero-order valence-electron chi connectivity index (χ0n) is 14.8. The minimum atomic E-state index is 0.125. The number of fused-ring (bicyclic) bond motifs is 1. The van der Waals surface area contributed by atoms with Gasteiger partial charge in [0.05, 0.1) is 14.2 Å². The number of hydrogen-bond donors (Lipinski definition) is 1. The summed E-state index contributed by atoms with van der Waals surface area (Å²) in [5.74, 6) is 1.51. The van der Waals surface area contributed by atoms with E-state index in [1.54, 1.807) is 26.4 Å². The first-order chi connectivity index (χ1) is 12.0. The van der Waals surface area contributed by atoms with Crippen LogP contribution in [-0.2, 0) is 12.8 Å². The van der Waals surface area contributed by atoms with Gasteiger partial charge in [0.1, 0.15) is 12.3 Å². The normalized spacial score (nSPS) is 18.5. The van der Waals surface area contributed by atoms with Gasteiger partial charge >= 0.3 is 0 Å². The zero-order chi connectivity index (χ0) is 18.0. The lowest BCUT2D eigenvalue weighted by atomic mass is 9.89. The Morgan fingerprint density at radius 1 is 1.20 bits per heavy atom. The first kappa shape index (κ1) is 17.6. The highest BCUT2D eigenvalue weighted by atomic mass is 35.5. The van der Waals surface area contributed by atoms with Crippen molar-refractivity contribution in [1.29, 1.82) is 0 Å². The second-order valence-corrected chi connectivity index (χ2v) is 6.78. The number of hydrogen-bond acceptors (Lipinski definition) is 3. The Morgan fingerprint density at radius 3 is 2.64 bits per heavy atom. The molecule has 0 aliphatic carbocycles. The molecule has 0 fully saturated rings. The predicted molar refractivity (Wildman–Crippen MR) is 99.5 cm³/mol. The fourth-order valence-electron chi connectivity index (χ4n) is 3.49. The standard InChI is InChI=1S/C20H22ClNO3/c1-13(21)22-9-8-15-12-16(24-2)5-6-17(15)18(22)10-14-4-7-20(25-3)19(23)11-14/h4-7,11-12,18H,8-10H2,1-3H3/p+1. The van der Waals surface area contributed by atoms with Gasteiger partial charge in [-0.1, -0.05) is 6.07 Å². The fraction of sp³-hybridized carbons (Fsp3) is 0.350. The van der Waals surface area contributed by atoms with Gasteiger partial charge in [0, 0.05) is 25.3 Å². The van der Waals surface area contributed by atoms with E-state index in [1.807, 2.05) is 19.1 Å². The number of halogens is 1. The number of phenolic OH excluding ortho intramolecular Hbond substituents is 1. The molecule has 0 aromatic heterocycles. The first-order valence-corrected chi connectivity index (χ1v) is 8.69. The van der Waals surface area contributed by atoms with E-state index in [1.165, 1.54) is 11.1 Å². The van der Waals surface area contributed by atoms with Gasteiger partial charge in [0.25, 0.3) is 0 Å². The summed E-state index contributed by atoms with van der Waals surface area (Å²) in [7, 11) is 3.23. The average Bonchev–Trinajstić information content (AvgIpc) is 2.61. The van der Waals surface area contributed by atoms with Crippen LogP contribution in [0.4, 0.5) is 0 Å². The Balaban J connectivity index is 1.99. The van der Waals surface area contributed by atoms with Crippen LogP contribution in [0, 0.1) is 0 Å². The largest absolute Gasteiger partial charge is 0.504 e. The summed E-state index contributed by atoms with van der Waals surface area (Å²) >= 11 is 6.37. The molecule has 2 aromatic rings. The molecule has 4 nitrogen and oxygen atoms in total. The molecule has 1 aliphatic heterocycles. The quantitative estimate of drug-likeness (QED) is 0.840. The average molecular weight is 361 g/mol. The highest BCUT2D eigenvalue weighted by Gasteiger charge is 2.32. The Kier molecular flexibility index (Phi) is 5.19. The summed E-state index contributed by atoms with van der Waals surface area (Å²) in [6, 6.07) is 11.9. The van der Waals surface area contributed by atoms with Crippen molar-refractivity contribution in [2.75, 3.05) is 20.8 Å². The molecule has 0 saturated carbocycles. The van der Waals surface area contributed by atoms with Gasteiger partial charge in [0.15, 0.2) is 17.5 Å². The summed E-state index contributed by atoms with van der Waals surface area (Å²) in [4.78, 5) is 0. The van der Waals surface area contributed by atoms with Gasteiger partial charge in [-0.15, -0.1) is 0 Å². The Bertz CT molecular complexity index is 813. The molecule has 3 rings (SSSR count). The van der Waals surface area contributed by atoms with Crippen molar-refractivity contribution in [1.82, 2.24) is 0 Å². The maximum atomic E-state index is 10.1. The summed E-state index contributed by atoms with van der Waals surface area (Å²) in [6.45, 7) is 2.79. The molecule has 25 heavy (non-hydrogen) atoms. The van der Waals surface area contributed by atoms with Crippen molar-refractivity contribution in [3.05, 3.63) is 53.1 Å². The summed E-state index contributed by atoms with van der Waals surface area (Å²) in [5, 5.41) is 10.9. The van der Waals surface area contributed by atoms with Crippen LogP contribution in [-0.4, -0.2) is 35.6 Å². The van der Waals surface area contributed by atoms with Gasteiger partial charge in [-0.3, -0.25) is 0 Å². The van der Waals surface area contributed by atoms with Crippen molar-refractivity contribution < 1.29 is 19.2 Å². The Hall–Kier alpha value is -2.20. The highest BCUT2D eigenvalue weighted by molar-refractivity contribution is 6.63. The van der Waals surface area contributed by atoms with Gasteiger partial charge in [-0.05, 0) is 53.1 Å². The minimum absolute atomic E-state index is 0.125. The lowest BCUT2D eigenvalue weighted by molar-refractivity contribution is -0.574. The van der Waals surface area contributed by atoms with E-state index in [-0.39, 0.29) is 11.8 Å². The molecular weight excluding hydrogens is 338 g/mol. The maximum absolute atomic E-state index is 10.1. The molecule has 0 saturated heterocycles. The van der Waals surface area contributed by atoms with Gasteiger partial charge < -0.3 is 14.6 Å². The van der Waals surface area contributed by atoms with E-state index in [2.05, 4.69) is 16.7 Å². The highest BCUT2D eigenvalue weighted by Crippen LogP contribution is 2.34. The van der Waals surface area contributed by atoms with Crippen LogP contribution >= 0.6 is 11.6 Å². The Labute approximate surface area is 153 Å². The van der Waals surface area contributed by atoms with Gasteiger partial charge in [0.2, 0.25) is 5.17 Å². The molecule has 0 radical (unpaired) electrons. The van der Waals surface area contributed by atoms with Crippen molar-refractivity contribution in [2.45, 2.75) is 25.8 Å². The van der Waals surface area contributed by atoms with E-state index >= 15 is 0 Å². The minimum Gasteiger partial charge on any atom is -0.504 e. The summed E-state index contributed by atoms with van der Waals surface area (Å²) < 4.78 is 12.7. The molecule has 0 bridgehead atoms. The monoisotopic (exact) mass is 360 g/mol. The number of methoxy groups -OCH3 is 2. The number of ether oxygens (including phenoxy) is 2. The van der Waals surface area contributed by atoms with Crippen LogP contribution in [0.2, 0.25) is 0 Å². The van der Waals surface area contributed by atoms with E-state index in [0.717, 1.165) is 35.9 Å². The molecule has 2 aromatic carbocycles. The molecule has 0 spiro atoms. The summed E-state index contributed by atoms with van der Waals surface area (Å²) in [5.41, 5.74) is 3.58. The Morgan fingerprint density at radius 2 is 2.00 bits per heavy atom. The molecule has 1 atom stereocenters. The lowest BCUT2D eigenvalue weighted by Gasteiger charge is -2.25. The topological polar surface area (TPSA) is 41.7 Å². The molecule has 1 N–H and O–H groups in total. The van der Waals surface area contributed by atoms with E-state index in [4.69, 9.17) is 21.1 Å². The fourth-order valence-corrected chi connectivity index (χ4v) is 3.69. The number of nitrogens with zero attached hydrogens (tertiary/aromatic N) is 1. The number of aromatic hydroxyl groups is 1. The second-order valence-electron chi connectivity index (χ2n) is 6.23. The first-order valence-electron chi connectivity index (χ1n) is 8.32. The smallest absolute Gasteiger partial charge is 0.242 e. The number of rotatable bonds is 4. The predicted octanol–water partition coefficient (Wildman–Crippen LogP) is 3.92. The van der Waals surface area contributed by atoms with Crippen molar-refractivity contribution in [2.24, 2.45) is 0 Å². The molecule has 1 unspecified atom stereocenters. The second kappa shape index (κ2) is 7.36. The summed E-state index contributed by atoms with van der Waals surface area (Å²) in [6.07, 6.45) is 1.68. The molecule has 1 heterocycles. The van der Waals surface area contributed by atoms with Crippen LogP contribution in [0.3, 0.4) is 0 Å². The van der Waals surface area contributed by atoms with Crippen molar-refractivity contribution in [3.63, 3.8) is 0 Å². The molecule has 132 valence electrons. The van der Waals surface area contributed by atoms with Crippen molar-refractivity contribution >= 4 is 16.8 Å². The molecule has 5 heteroatoms. The van der Waals surface area contributed by atoms with Crippen molar-refractivity contribution in [3.8, 4) is 17.2 Å². The van der Waals surface area contributed by atoms with Gasteiger partial charge in [-0.25, -0.2) is 4.58 Å². The molecule has 0 amide bonds.